The number of benzene rings is 2. The topological polar surface area (TPSA) is 66.5 Å². The predicted octanol–water partition coefficient (Wildman–Crippen LogP) is 4.19. The Kier molecular flexibility index (Phi) is 7.63. The molecule has 2 aromatic carbocycles. The van der Waals surface area contributed by atoms with Gasteiger partial charge in [0.2, 0.25) is 10.0 Å². The second kappa shape index (κ2) is 9.73. The first-order valence-electron chi connectivity index (χ1n) is 9.64. The maximum Gasteiger partial charge on any atom is 0.251 e. The fourth-order valence-corrected chi connectivity index (χ4v) is 3.91. The molecule has 2 rings (SSSR count). The number of carbonyl (C=O) groups is 1. The normalized spacial score (nSPS) is 11.3. The van der Waals surface area contributed by atoms with E-state index >= 15 is 0 Å². The molecule has 0 heterocycles. The lowest BCUT2D eigenvalue weighted by Crippen LogP contribution is -2.30. The fourth-order valence-electron chi connectivity index (χ4n) is 2.98. The van der Waals surface area contributed by atoms with Crippen molar-refractivity contribution in [1.29, 1.82) is 0 Å². The second-order valence-corrected chi connectivity index (χ2v) is 9.13. The van der Waals surface area contributed by atoms with Crippen molar-refractivity contribution < 1.29 is 13.2 Å². The molecular formula is C22H30N2O3S. The Hall–Kier alpha value is -2.34. The highest BCUT2D eigenvalue weighted by molar-refractivity contribution is 7.92. The number of anilines is 1. The highest BCUT2D eigenvalue weighted by Gasteiger charge is 2.20. The van der Waals surface area contributed by atoms with Crippen LogP contribution >= 0.6 is 0 Å². The molecule has 6 heteroatoms. The van der Waals surface area contributed by atoms with E-state index < -0.39 is 10.0 Å². The van der Waals surface area contributed by atoms with Gasteiger partial charge in [0.25, 0.3) is 5.91 Å². The van der Waals surface area contributed by atoms with Crippen molar-refractivity contribution in [2.24, 2.45) is 0 Å². The fraction of sp³-hybridized carbons (Fsp3) is 0.409. The van der Waals surface area contributed by atoms with Crippen molar-refractivity contribution in [3.8, 4) is 0 Å². The smallest absolute Gasteiger partial charge is 0.251 e. The third-order valence-corrected chi connectivity index (χ3v) is 5.77. The maximum absolute atomic E-state index is 12.4. The summed E-state index contributed by atoms with van der Waals surface area (Å²) in [7, 11) is -3.45. The number of aryl methyl sites for hydroxylation is 2. The molecule has 0 radical (unpaired) electrons. The first-order chi connectivity index (χ1) is 13.2. The minimum absolute atomic E-state index is 0.0999. The van der Waals surface area contributed by atoms with Crippen LogP contribution in [0.15, 0.2) is 42.5 Å². The van der Waals surface area contributed by atoms with Gasteiger partial charge in [0.15, 0.2) is 0 Å². The van der Waals surface area contributed by atoms with Gasteiger partial charge in [-0.3, -0.25) is 9.10 Å². The van der Waals surface area contributed by atoms with Gasteiger partial charge < -0.3 is 5.32 Å². The Morgan fingerprint density at radius 1 is 1.04 bits per heavy atom. The van der Waals surface area contributed by atoms with Crippen LogP contribution in [0.2, 0.25) is 0 Å². The monoisotopic (exact) mass is 402 g/mol. The molecule has 0 atom stereocenters. The average Bonchev–Trinajstić information content (AvgIpc) is 2.65. The zero-order chi connectivity index (χ0) is 20.7. The van der Waals surface area contributed by atoms with Crippen LogP contribution in [0.3, 0.4) is 0 Å². The van der Waals surface area contributed by atoms with E-state index in [0.717, 1.165) is 36.0 Å². The molecule has 1 N–H and O–H groups in total. The van der Waals surface area contributed by atoms with Gasteiger partial charge in [-0.05, 0) is 55.2 Å². The molecule has 0 saturated carbocycles. The molecule has 0 aromatic heterocycles. The highest BCUT2D eigenvalue weighted by Crippen LogP contribution is 2.26. The van der Waals surface area contributed by atoms with Crippen LogP contribution in [-0.2, 0) is 16.6 Å². The summed E-state index contributed by atoms with van der Waals surface area (Å²) in [4.78, 5) is 12.2. The Morgan fingerprint density at radius 2 is 1.71 bits per heavy atom. The number of hydrogen-bond acceptors (Lipinski definition) is 3. The molecule has 1 amide bonds. The minimum atomic E-state index is -3.45. The van der Waals surface area contributed by atoms with E-state index in [2.05, 4.69) is 12.2 Å². The Labute approximate surface area is 168 Å². The first-order valence-corrected chi connectivity index (χ1v) is 11.5. The van der Waals surface area contributed by atoms with E-state index in [1.807, 2.05) is 44.2 Å². The molecule has 0 aliphatic carbocycles. The molecule has 28 heavy (non-hydrogen) atoms. The molecule has 2 aromatic rings. The van der Waals surface area contributed by atoms with Crippen molar-refractivity contribution >= 4 is 21.6 Å². The summed E-state index contributed by atoms with van der Waals surface area (Å²) < 4.78 is 26.2. The molecular weight excluding hydrogens is 372 g/mol. The summed E-state index contributed by atoms with van der Waals surface area (Å²) in [6.45, 7) is 6.86. The quantitative estimate of drug-likeness (QED) is 0.640. The van der Waals surface area contributed by atoms with Gasteiger partial charge >= 0.3 is 0 Å². The minimum Gasteiger partial charge on any atom is -0.352 e. The van der Waals surface area contributed by atoms with Crippen LogP contribution in [0.25, 0.3) is 0 Å². The van der Waals surface area contributed by atoms with E-state index in [9.17, 15) is 13.2 Å². The third kappa shape index (κ3) is 6.09. The largest absolute Gasteiger partial charge is 0.352 e. The predicted molar refractivity (Wildman–Crippen MR) is 115 cm³/mol. The van der Waals surface area contributed by atoms with Crippen molar-refractivity contribution in [3.63, 3.8) is 0 Å². The Morgan fingerprint density at radius 3 is 2.32 bits per heavy atom. The van der Waals surface area contributed by atoms with Crippen LogP contribution in [-0.4, -0.2) is 27.1 Å². The molecule has 0 saturated heterocycles. The Balaban J connectivity index is 2.15. The van der Waals surface area contributed by atoms with Gasteiger partial charge in [-0.2, -0.15) is 0 Å². The average molecular weight is 403 g/mol. The van der Waals surface area contributed by atoms with Crippen LogP contribution in [0.4, 0.5) is 5.69 Å². The van der Waals surface area contributed by atoms with Crippen LogP contribution in [0.1, 0.15) is 53.2 Å². The molecule has 0 bridgehead atoms. The Bertz CT molecular complexity index is 906. The van der Waals surface area contributed by atoms with E-state index in [1.54, 1.807) is 12.1 Å². The summed E-state index contributed by atoms with van der Waals surface area (Å²) in [6, 6.07) is 12.9. The van der Waals surface area contributed by atoms with Gasteiger partial charge in [0.1, 0.15) is 0 Å². The zero-order valence-corrected chi connectivity index (χ0v) is 18.0. The lowest BCUT2D eigenvalue weighted by molar-refractivity contribution is 0.0953. The number of sulfonamides is 1. The molecule has 0 aliphatic rings. The number of nitrogens with zero attached hydrogens (tertiary/aromatic N) is 1. The van der Waals surface area contributed by atoms with E-state index in [0.29, 0.717) is 17.8 Å². The number of amides is 1. The van der Waals surface area contributed by atoms with Gasteiger partial charge in [-0.15, -0.1) is 0 Å². The molecule has 0 spiro atoms. The van der Waals surface area contributed by atoms with Crippen molar-refractivity contribution in [2.45, 2.75) is 46.6 Å². The third-order valence-electron chi connectivity index (χ3n) is 4.64. The summed E-state index contributed by atoms with van der Waals surface area (Å²) in [5, 5.41) is 2.91. The first kappa shape index (κ1) is 22.0. The van der Waals surface area contributed by atoms with Gasteiger partial charge in [-0.1, -0.05) is 44.0 Å². The molecule has 0 aliphatic heterocycles. The van der Waals surface area contributed by atoms with E-state index in [-0.39, 0.29) is 12.5 Å². The standard InChI is InChI=1S/C22H30N2O3S/c1-5-6-7-14-23-22(25)20-12-10-19(11-13-20)16-24(28(4,26)27)21-15-17(2)8-9-18(21)3/h8-13,15H,5-7,14,16H2,1-4H3,(H,23,25). The lowest BCUT2D eigenvalue weighted by atomic mass is 10.1. The molecule has 0 fully saturated rings. The number of rotatable bonds is 9. The van der Waals surface area contributed by atoms with Crippen molar-refractivity contribution in [1.82, 2.24) is 5.32 Å². The number of carbonyl (C=O) groups excluding carboxylic acids is 1. The number of unbranched alkanes of at least 4 members (excludes halogenated alkanes) is 2. The van der Waals surface area contributed by atoms with Gasteiger partial charge in [0, 0.05) is 12.1 Å². The highest BCUT2D eigenvalue weighted by atomic mass is 32.2. The van der Waals surface area contributed by atoms with E-state index in [4.69, 9.17) is 0 Å². The van der Waals surface area contributed by atoms with Crippen LogP contribution in [0.5, 0.6) is 0 Å². The maximum atomic E-state index is 12.4. The summed E-state index contributed by atoms with van der Waals surface area (Å²) >= 11 is 0. The number of hydrogen-bond donors (Lipinski definition) is 1. The molecule has 152 valence electrons. The zero-order valence-electron chi connectivity index (χ0n) is 17.2. The van der Waals surface area contributed by atoms with Gasteiger partial charge in [0.05, 0.1) is 18.5 Å². The second-order valence-electron chi connectivity index (χ2n) is 7.22. The SMILES string of the molecule is CCCCCNC(=O)c1ccc(CN(c2cc(C)ccc2C)S(C)(=O)=O)cc1. The molecule has 5 nitrogen and oxygen atoms in total. The van der Waals surface area contributed by atoms with Crippen molar-refractivity contribution in [2.75, 3.05) is 17.1 Å². The van der Waals surface area contributed by atoms with Crippen molar-refractivity contribution in [3.05, 3.63) is 64.7 Å². The molecule has 0 unspecified atom stereocenters. The van der Waals surface area contributed by atoms with Crippen LogP contribution in [0, 0.1) is 13.8 Å². The lowest BCUT2D eigenvalue weighted by Gasteiger charge is -2.25. The van der Waals surface area contributed by atoms with Crippen LogP contribution < -0.4 is 9.62 Å². The summed E-state index contributed by atoms with van der Waals surface area (Å²) in [5.41, 5.74) is 4.00. The summed E-state index contributed by atoms with van der Waals surface area (Å²) in [6.07, 6.45) is 4.40. The summed E-state index contributed by atoms with van der Waals surface area (Å²) in [5.74, 6) is -0.0999. The van der Waals surface area contributed by atoms with Gasteiger partial charge in [-0.25, -0.2) is 8.42 Å². The van der Waals surface area contributed by atoms with E-state index in [1.165, 1.54) is 10.6 Å². The number of nitrogens with one attached hydrogen (secondary N) is 1.